The fourth-order valence-corrected chi connectivity index (χ4v) is 3.71. The Hall–Kier alpha value is -3.09. The third kappa shape index (κ3) is 2.85. The van der Waals surface area contributed by atoms with Gasteiger partial charge in [0.15, 0.2) is 0 Å². The molecule has 2 aromatic carbocycles. The molecule has 4 rings (SSSR count). The SMILES string of the molecule is O=C1OCc2ccccc2N1C1CCN(c2ccc[c]c2[N+](=O)[O-])CC1. The van der Waals surface area contributed by atoms with Gasteiger partial charge in [-0.15, -0.1) is 0 Å². The Morgan fingerprint density at radius 1 is 1.12 bits per heavy atom. The summed E-state index contributed by atoms with van der Waals surface area (Å²) in [7, 11) is 0. The first-order chi connectivity index (χ1) is 12.6. The smallest absolute Gasteiger partial charge is 0.414 e. The van der Waals surface area contributed by atoms with E-state index in [1.807, 2.05) is 29.2 Å². The molecule has 26 heavy (non-hydrogen) atoms. The van der Waals surface area contributed by atoms with Crippen LogP contribution in [0.1, 0.15) is 18.4 Å². The summed E-state index contributed by atoms with van der Waals surface area (Å²) >= 11 is 0. The number of carbonyl (C=O) groups is 1. The number of benzene rings is 2. The van der Waals surface area contributed by atoms with Gasteiger partial charge in [0.2, 0.25) is 0 Å². The molecule has 2 heterocycles. The number of nitrogens with zero attached hydrogens (tertiary/aromatic N) is 3. The first-order valence-electron chi connectivity index (χ1n) is 8.59. The highest BCUT2D eigenvalue weighted by molar-refractivity contribution is 5.91. The molecule has 0 N–H and O–H groups in total. The van der Waals surface area contributed by atoms with Crippen LogP contribution in [0.4, 0.5) is 21.9 Å². The van der Waals surface area contributed by atoms with Crippen LogP contribution in [0, 0.1) is 16.2 Å². The lowest BCUT2D eigenvalue weighted by Gasteiger charge is -2.40. The predicted octanol–water partition coefficient (Wildman–Crippen LogP) is 3.52. The van der Waals surface area contributed by atoms with Crippen LogP contribution in [-0.4, -0.2) is 30.1 Å². The molecule has 1 radical (unpaired) electrons. The zero-order chi connectivity index (χ0) is 18.1. The molecule has 0 saturated carbocycles. The third-order valence-corrected chi connectivity index (χ3v) is 4.96. The Bertz CT molecular complexity index is 846. The minimum absolute atomic E-state index is 0.00585. The average molecular weight is 352 g/mol. The summed E-state index contributed by atoms with van der Waals surface area (Å²) in [5.41, 5.74) is 2.48. The van der Waals surface area contributed by atoms with E-state index in [0.29, 0.717) is 25.4 Å². The molecule has 7 heteroatoms. The maximum absolute atomic E-state index is 12.3. The molecule has 2 aliphatic heterocycles. The van der Waals surface area contributed by atoms with Gasteiger partial charge >= 0.3 is 11.8 Å². The van der Waals surface area contributed by atoms with Crippen molar-refractivity contribution in [2.24, 2.45) is 0 Å². The average Bonchev–Trinajstić information content (AvgIpc) is 2.68. The molecule has 2 aromatic rings. The van der Waals surface area contributed by atoms with E-state index >= 15 is 0 Å². The highest BCUT2D eigenvalue weighted by atomic mass is 16.6. The summed E-state index contributed by atoms with van der Waals surface area (Å²) in [6, 6.07) is 15.5. The molecule has 0 unspecified atom stereocenters. The molecule has 7 nitrogen and oxygen atoms in total. The molecule has 1 amide bonds. The number of para-hydroxylation sites is 2. The first-order valence-corrected chi connectivity index (χ1v) is 8.59. The van der Waals surface area contributed by atoms with Gasteiger partial charge in [-0.1, -0.05) is 24.3 Å². The summed E-state index contributed by atoms with van der Waals surface area (Å²) in [4.78, 5) is 26.9. The molecular formula is C19H18N3O4. The van der Waals surface area contributed by atoms with Crippen LogP contribution >= 0.6 is 0 Å². The third-order valence-electron chi connectivity index (χ3n) is 4.96. The van der Waals surface area contributed by atoms with Crippen LogP contribution in [0.2, 0.25) is 0 Å². The summed E-state index contributed by atoms with van der Waals surface area (Å²) in [6.45, 7) is 1.57. The summed E-state index contributed by atoms with van der Waals surface area (Å²) in [6.07, 6.45) is 1.12. The number of hydrogen-bond acceptors (Lipinski definition) is 5. The second-order valence-corrected chi connectivity index (χ2v) is 6.43. The van der Waals surface area contributed by atoms with Gasteiger partial charge in [0.1, 0.15) is 12.3 Å². The van der Waals surface area contributed by atoms with E-state index < -0.39 is 4.92 Å². The van der Waals surface area contributed by atoms with Crippen LogP contribution in [0.5, 0.6) is 0 Å². The lowest BCUT2D eigenvalue weighted by Crippen LogP contribution is -2.49. The highest BCUT2D eigenvalue weighted by Crippen LogP contribution is 2.34. The summed E-state index contributed by atoms with van der Waals surface area (Å²) < 4.78 is 5.31. The number of ether oxygens (including phenoxy) is 1. The van der Waals surface area contributed by atoms with Crippen molar-refractivity contribution in [1.82, 2.24) is 0 Å². The van der Waals surface area contributed by atoms with Crippen molar-refractivity contribution in [3.8, 4) is 0 Å². The molecule has 0 bridgehead atoms. The fraction of sp³-hybridized carbons (Fsp3) is 0.316. The summed E-state index contributed by atoms with van der Waals surface area (Å²) in [5, 5.41) is 11.2. The van der Waals surface area contributed by atoms with E-state index in [0.717, 1.165) is 24.1 Å². The molecule has 133 valence electrons. The Morgan fingerprint density at radius 2 is 1.85 bits per heavy atom. The predicted molar refractivity (Wildman–Crippen MR) is 96.3 cm³/mol. The summed E-state index contributed by atoms with van der Waals surface area (Å²) in [5.74, 6) is 0. The van der Waals surface area contributed by atoms with Crippen molar-refractivity contribution in [2.75, 3.05) is 22.9 Å². The molecular weight excluding hydrogens is 334 g/mol. The zero-order valence-corrected chi connectivity index (χ0v) is 14.1. The second kappa shape index (κ2) is 6.67. The zero-order valence-electron chi connectivity index (χ0n) is 14.1. The van der Waals surface area contributed by atoms with Crippen molar-refractivity contribution in [3.05, 3.63) is 64.2 Å². The maximum atomic E-state index is 12.3. The Balaban J connectivity index is 1.53. The van der Waals surface area contributed by atoms with Crippen molar-refractivity contribution in [3.63, 3.8) is 0 Å². The van der Waals surface area contributed by atoms with Gasteiger partial charge in [-0.05, 0) is 31.0 Å². The first kappa shape index (κ1) is 16.4. The van der Waals surface area contributed by atoms with E-state index in [-0.39, 0.29) is 17.8 Å². The largest absolute Gasteiger partial charge is 0.444 e. The van der Waals surface area contributed by atoms with Gasteiger partial charge in [0, 0.05) is 24.7 Å². The maximum Gasteiger partial charge on any atom is 0.414 e. The van der Waals surface area contributed by atoms with Crippen molar-refractivity contribution in [1.29, 1.82) is 0 Å². The monoisotopic (exact) mass is 352 g/mol. The molecule has 1 saturated heterocycles. The van der Waals surface area contributed by atoms with E-state index in [1.165, 1.54) is 0 Å². The quantitative estimate of drug-likeness (QED) is 0.624. The van der Waals surface area contributed by atoms with Gasteiger partial charge in [-0.25, -0.2) is 4.79 Å². The van der Waals surface area contributed by atoms with E-state index in [2.05, 4.69) is 6.07 Å². The minimum Gasteiger partial charge on any atom is -0.444 e. The number of piperidine rings is 1. The van der Waals surface area contributed by atoms with Crippen LogP contribution in [0.15, 0.2) is 42.5 Å². The van der Waals surface area contributed by atoms with E-state index in [9.17, 15) is 14.9 Å². The molecule has 1 fully saturated rings. The normalized spacial score (nSPS) is 17.6. The number of nitro groups is 1. The Morgan fingerprint density at radius 3 is 2.62 bits per heavy atom. The number of anilines is 2. The topological polar surface area (TPSA) is 75.9 Å². The number of rotatable bonds is 3. The molecule has 0 aromatic heterocycles. The second-order valence-electron chi connectivity index (χ2n) is 6.43. The van der Waals surface area contributed by atoms with Crippen molar-refractivity contribution in [2.45, 2.75) is 25.5 Å². The Kier molecular flexibility index (Phi) is 4.20. The standard InChI is InChI=1S/C19H18N3O4/c23-19-21(16-6-2-1-5-14(16)13-26-19)15-9-11-20(12-10-15)17-7-3-4-8-18(17)22(24)25/h1-7,15H,9-13H2. The minimum atomic E-state index is -0.403. The lowest BCUT2D eigenvalue weighted by molar-refractivity contribution is -0.384. The van der Waals surface area contributed by atoms with Crippen LogP contribution in [-0.2, 0) is 11.3 Å². The van der Waals surface area contributed by atoms with Crippen LogP contribution in [0.3, 0.4) is 0 Å². The van der Waals surface area contributed by atoms with Crippen molar-refractivity contribution >= 4 is 23.2 Å². The number of nitro benzene ring substituents is 1. The van der Waals surface area contributed by atoms with Gasteiger partial charge in [-0.2, -0.15) is 0 Å². The van der Waals surface area contributed by atoms with E-state index in [4.69, 9.17) is 4.74 Å². The number of amides is 1. The number of carbonyl (C=O) groups excluding carboxylic acids is 1. The van der Waals surface area contributed by atoms with E-state index in [1.54, 1.807) is 23.1 Å². The van der Waals surface area contributed by atoms with Crippen molar-refractivity contribution < 1.29 is 14.5 Å². The molecule has 0 aliphatic carbocycles. The Labute approximate surface area is 150 Å². The van der Waals surface area contributed by atoms with Gasteiger partial charge in [0.05, 0.1) is 16.7 Å². The highest BCUT2D eigenvalue weighted by Gasteiger charge is 2.35. The van der Waals surface area contributed by atoms with Crippen LogP contribution in [0.25, 0.3) is 0 Å². The van der Waals surface area contributed by atoms with Gasteiger partial charge < -0.3 is 9.64 Å². The number of hydrogen-bond donors (Lipinski definition) is 0. The number of fused-ring (bicyclic) bond motifs is 1. The van der Waals surface area contributed by atoms with Crippen LogP contribution < -0.4 is 9.80 Å². The molecule has 2 aliphatic rings. The molecule has 0 atom stereocenters. The van der Waals surface area contributed by atoms with Gasteiger partial charge in [-0.3, -0.25) is 15.0 Å². The number of cyclic esters (lactones) is 1. The lowest BCUT2D eigenvalue weighted by atomic mass is 10.00. The van der Waals surface area contributed by atoms with Gasteiger partial charge in [0.25, 0.3) is 0 Å². The molecule has 0 spiro atoms. The fourth-order valence-electron chi connectivity index (χ4n) is 3.71.